The van der Waals surface area contributed by atoms with E-state index in [1.165, 1.54) is 6.07 Å². The number of benzene rings is 3. The molecule has 0 aliphatic carbocycles. The van der Waals surface area contributed by atoms with Crippen LogP contribution in [0.25, 0.3) is 0 Å². The largest absolute Gasteiger partial charge is 0.472 e. The van der Waals surface area contributed by atoms with Crippen LogP contribution in [0, 0.1) is 0 Å². The maximum atomic E-state index is 14.0. The minimum atomic E-state index is -4.44. The van der Waals surface area contributed by atoms with Crippen molar-refractivity contribution in [2.75, 3.05) is 18.0 Å². The number of halogens is 3. The molecule has 1 saturated heterocycles. The molecule has 1 unspecified atom stereocenters. The standard InChI is InChI=1S/C31H28F3N3O2/c32-31(33,34)25-15-16-29(35-19-25)39-26-17-18-36(22-26)28-14-8-7-13-27(28)30(38)37(20-23-9-3-1-4-10-23)21-24-11-5-2-6-12-24/h1-16,19,26H,17-18,20-22H2. The maximum absolute atomic E-state index is 14.0. The zero-order valence-electron chi connectivity index (χ0n) is 21.2. The van der Waals surface area contributed by atoms with Crippen LogP contribution >= 0.6 is 0 Å². The number of hydrogen-bond donors (Lipinski definition) is 0. The lowest BCUT2D eigenvalue weighted by Crippen LogP contribution is -2.32. The topological polar surface area (TPSA) is 45.7 Å². The monoisotopic (exact) mass is 531 g/mol. The first-order chi connectivity index (χ1) is 18.9. The number of rotatable bonds is 8. The van der Waals surface area contributed by atoms with E-state index in [0.29, 0.717) is 38.2 Å². The van der Waals surface area contributed by atoms with Crippen LogP contribution in [0.5, 0.6) is 5.88 Å². The quantitative estimate of drug-likeness (QED) is 0.257. The first kappa shape index (κ1) is 26.3. The van der Waals surface area contributed by atoms with E-state index in [9.17, 15) is 18.0 Å². The summed E-state index contributed by atoms with van der Waals surface area (Å²) in [6.07, 6.45) is -3.27. The number of alkyl halides is 3. The number of amides is 1. The number of hydrogen-bond acceptors (Lipinski definition) is 4. The molecule has 39 heavy (non-hydrogen) atoms. The van der Waals surface area contributed by atoms with Gasteiger partial charge in [-0.05, 0) is 29.3 Å². The molecule has 0 N–H and O–H groups in total. The fourth-order valence-corrected chi connectivity index (χ4v) is 4.74. The Morgan fingerprint density at radius 2 is 1.49 bits per heavy atom. The van der Waals surface area contributed by atoms with E-state index in [4.69, 9.17) is 4.74 Å². The van der Waals surface area contributed by atoms with Crippen LogP contribution < -0.4 is 9.64 Å². The predicted molar refractivity (Wildman–Crippen MR) is 143 cm³/mol. The molecule has 1 aromatic heterocycles. The summed E-state index contributed by atoms with van der Waals surface area (Å²) in [6.45, 7) is 2.07. The fourth-order valence-electron chi connectivity index (χ4n) is 4.74. The summed E-state index contributed by atoms with van der Waals surface area (Å²) >= 11 is 0. The summed E-state index contributed by atoms with van der Waals surface area (Å²) in [5.41, 5.74) is 2.67. The summed E-state index contributed by atoms with van der Waals surface area (Å²) in [6, 6.07) is 29.5. The molecule has 5 rings (SSSR count). The van der Waals surface area contributed by atoms with Gasteiger partial charge in [0.15, 0.2) is 0 Å². The van der Waals surface area contributed by atoms with Gasteiger partial charge in [-0.1, -0.05) is 72.8 Å². The number of carbonyl (C=O) groups is 1. The average molecular weight is 532 g/mol. The van der Waals surface area contributed by atoms with Crippen molar-refractivity contribution in [3.05, 3.63) is 126 Å². The second-order valence-electron chi connectivity index (χ2n) is 9.51. The fraction of sp³-hybridized carbons (Fsp3) is 0.226. The van der Waals surface area contributed by atoms with Crippen LogP contribution in [0.2, 0.25) is 0 Å². The lowest BCUT2D eigenvalue weighted by molar-refractivity contribution is -0.137. The van der Waals surface area contributed by atoms with Crippen LogP contribution in [-0.2, 0) is 19.3 Å². The zero-order chi connectivity index (χ0) is 27.2. The molecule has 1 aliphatic heterocycles. The van der Waals surface area contributed by atoms with E-state index in [1.54, 1.807) is 0 Å². The molecule has 1 amide bonds. The summed E-state index contributed by atoms with van der Waals surface area (Å²) in [4.78, 5) is 21.8. The second kappa shape index (κ2) is 11.6. The molecule has 0 spiro atoms. The van der Waals surface area contributed by atoms with Crippen molar-refractivity contribution in [2.45, 2.75) is 31.8 Å². The first-order valence-electron chi connectivity index (χ1n) is 12.8. The Kier molecular flexibility index (Phi) is 7.81. The van der Waals surface area contributed by atoms with Crippen molar-refractivity contribution < 1.29 is 22.7 Å². The molecular weight excluding hydrogens is 503 g/mol. The summed E-state index contributed by atoms with van der Waals surface area (Å²) in [5.74, 6) is 0.0724. The summed E-state index contributed by atoms with van der Waals surface area (Å²) in [5, 5.41) is 0. The molecule has 1 fully saturated rings. The van der Waals surface area contributed by atoms with Gasteiger partial charge in [0.2, 0.25) is 5.88 Å². The lowest BCUT2D eigenvalue weighted by atomic mass is 10.1. The molecule has 8 heteroatoms. The number of pyridine rings is 1. The maximum Gasteiger partial charge on any atom is 0.417 e. The van der Waals surface area contributed by atoms with E-state index in [2.05, 4.69) is 9.88 Å². The Hall–Kier alpha value is -4.33. The molecule has 0 saturated carbocycles. The van der Waals surface area contributed by atoms with Crippen molar-refractivity contribution in [1.29, 1.82) is 0 Å². The van der Waals surface area contributed by atoms with E-state index < -0.39 is 11.7 Å². The van der Waals surface area contributed by atoms with Crippen LogP contribution in [0.4, 0.5) is 18.9 Å². The van der Waals surface area contributed by atoms with Crippen molar-refractivity contribution in [2.24, 2.45) is 0 Å². The third kappa shape index (κ3) is 6.57. The van der Waals surface area contributed by atoms with Gasteiger partial charge in [0, 0.05) is 44.0 Å². The average Bonchev–Trinajstić information content (AvgIpc) is 3.41. The predicted octanol–water partition coefficient (Wildman–Crippen LogP) is 6.60. The number of para-hydroxylation sites is 1. The minimum Gasteiger partial charge on any atom is -0.472 e. The smallest absolute Gasteiger partial charge is 0.417 e. The van der Waals surface area contributed by atoms with Gasteiger partial charge in [-0.25, -0.2) is 4.98 Å². The normalized spacial score (nSPS) is 15.3. The van der Waals surface area contributed by atoms with Gasteiger partial charge in [0.05, 0.1) is 17.7 Å². The Labute approximate surface area is 225 Å². The molecule has 1 atom stereocenters. The molecule has 0 bridgehead atoms. The number of aromatic nitrogens is 1. The van der Waals surface area contributed by atoms with Crippen molar-refractivity contribution >= 4 is 11.6 Å². The van der Waals surface area contributed by atoms with Crippen molar-refractivity contribution in [3.8, 4) is 5.88 Å². The molecular formula is C31H28F3N3O2. The van der Waals surface area contributed by atoms with Gasteiger partial charge >= 0.3 is 6.18 Å². The van der Waals surface area contributed by atoms with Gasteiger partial charge < -0.3 is 14.5 Å². The van der Waals surface area contributed by atoms with Gasteiger partial charge in [0.1, 0.15) is 6.10 Å². The minimum absolute atomic E-state index is 0.0768. The third-order valence-corrected chi connectivity index (χ3v) is 6.69. The van der Waals surface area contributed by atoms with E-state index in [0.717, 1.165) is 29.1 Å². The number of ether oxygens (including phenoxy) is 1. The first-order valence-corrected chi connectivity index (χ1v) is 12.8. The highest BCUT2D eigenvalue weighted by Crippen LogP contribution is 2.31. The number of anilines is 1. The number of nitrogens with zero attached hydrogens (tertiary/aromatic N) is 3. The lowest BCUT2D eigenvalue weighted by Gasteiger charge is -2.27. The van der Waals surface area contributed by atoms with Gasteiger partial charge in [-0.2, -0.15) is 13.2 Å². The SMILES string of the molecule is O=C(c1ccccc1N1CCC(Oc2ccc(C(F)(F)F)cn2)C1)N(Cc1ccccc1)Cc1ccccc1. The van der Waals surface area contributed by atoms with Crippen LogP contribution in [0.3, 0.4) is 0 Å². The van der Waals surface area contributed by atoms with Gasteiger partial charge in [-0.3, -0.25) is 4.79 Å². The Morgan fingerprint density at radius 3 is 2.08 bits per heavy atom. The molecule has 3 aromatic carbocycles. The van der Waals surface area contributed by atoms with Gasteiger partial charge in [0.25, 0.3) is 5.91 Å². The van der Waals surface area contributed by atoms with Crippen molar-refractivity contribution in [1.82, 2.24) is 9.88 Å². The highest BCUT2D eigenvalue weighted by molar-refractivity contribution is 5.99. The second-order valence-corrected chi connectivity index (χ2v) is 9.51. The molecule has 0 radical (unpaired) electrons. The highest BCUT2D eigenvalue weighted by Gasteiger charge is 2.32. The summed E-state index contributed by atoms with van der Waals surface area (Å²) in [7, 11) is 0. The van der Waals surface area contributed by atoms with Crippen LogP contribution in [-0.4, -0.2) is 35.0 Å². The van der Waals surface area contributed by atoms with Crippen LogP contribution in [0.15, 0.2) is 103 Å². The Morgan fingerprint density at radius 1 is 0.872 bits per heavy atom. The third-order valence-electron chi connectivity index (χ3n) is 6.69. The van der Waals surface area contributed by atoms with E-state index in [1.807, 2.05) is 89.8 Å². The molecule has 4 aromatic rings. The molecule has 2 heterocycles. The summed E-state index contributed by atoms with van der Waals surface area (Å²) < 4.78 is 44.4. The zero-order valence-corrected chi connectivity index (χ0v) is 21.2. The number of carbonyl (C=O) groups excluding carboxylic acids is 1. The van der Waals surface area contributed by atoms with E-state index >= 15 is 0 Å². The molecule has 5 nitrogen and oxygen atoms in total. The Balaban J connectivity index is 1.33. The van der Waals surface area contributed by atoms with Gasteiger partial charge in [-0.15, -0.1) is 0 Å². The van der Waals surface area contributed by atoms with Crippen molar-refractivity contribution in [3.63, 3.8) is 0 Å². The molecule has 200 valence electrons. The highest BCUT2D eigenvalue weighted by atomic mass is 19.4. The molecule has 1 aliphatic rings. The van der Waals surface area contributed by atoms with Crippen LogP contribution in [0.1, 0.15) is 33.5 Å². The Bertz CT molecular complexity index is 1340. The van der Waals surface area contributed by atoms with E-state index in [-0.39, 0.29) is 17.9 Å².